The largest absolute Gasteiger partial charge is 0.487 e. The zero-order chi connectivity index (χ0) is 24.4. The Morgan fingerprint density at radius 3 is 2.51 bits per heavy atom. The summed E-state index contributed by atoms with van der Waals surface area (Å²) in [6.45, 7) is 1.99. The van der Waals surface area contributed by atoms with Gasteiger partial charge in [-0.05, 0) is 48.9 Å². The number of anilines is 2. The highest BCUT2D eigenvalue weighted by atomic mass is 19.1. The van der Waals surface area contributed by atoms with E-state index in [0.29, 0.717) is 49.8 Å². The van der Waals surface area contributed by atoms with Gasteiger partial charge in [0.25, 0.3) is 0 Å². The van der Waals surface area contributed by atoms with Crippen LogP contribution in [0.25, 0.3) is 0 Å². The zero-order valence-corrected chi connectivity index (χ0v) is 19.1. The minimum Gasteiger partial charge on any atom is -0.487 e. The van der Waals surface area contributed by atoms with E-state index >= 15 is 0 Å². The predicted octanol–water partition coefficient (Wildman–Crippen LogP) is 2.71. The Bertz CT molecular complexity index is 1080. The smallest absolute Gasteiger partial charge is 0.323 e. The minimum absolute atomic E-state index is 0.0143. The van der Waals surface area contributed by atoms with Crippen LogP contribution < -0.4 is 15.4 Å². The molecule has 9 nitrogen and oxygen atoms in total. The van der Waals surface area contributed by atoms with Gasteiger partial charge in [0.15, 0.2) is 0 Å². The molecular formula is C25H28FN3O6. The molecule has 2 fully saturated rings. The molecule has 3 aliphatic rings. The zero-order valence-electron chi connectivity index (χ0n) is 19.1. The van der Waals surface area contributed by atoms with Crippen molar-refractivity contribution in [1.29, 1.82) is 0 Å². The standard InChI is InChI=1S/C25H28FN3O6/c26-15-1-3-16(4-2-15)27-25(32)28-17-5-6-21-19(11-17)20-12-18(34-22(14-30)24(20)35-21)13-23(31)29-7-9-33-10-8-29/h1-6,11,18,20,22,24,30H,7-10,12-14H2,(H2,27,28,32)/t18-,20-,22-,24+/m0/s1. The van der Waals surface area contributed by atoms with E-state index < -0.39 is 12.1 Å². The number of benzene rings is 2. The summed E-state index contributed by atoms with van der Waals surface area (Å²) in [5.74, 6) is 0.221. The molecule has 0 unspecified atom stereocenters. The molecule has 0 aromatic heterocycles. The molecule has 2 saturated heterocycles. The average Bonchev–Trinajstić information content (AvgIpc) is 3.23. The maximum Gasteiger partial charge on any atom is 0.323 e. The predicted molar refractivity (Wildman–Crippen MR) is 125 cm³/mol. The van der Waals surface area contributed by atoms with Gasteiger partial charge in [-0.3, -0.25) is 4.79 Å². The van der Waals surface area contributed by atoms with Crippen LogP contribution in [-0.2, 0) is 14.3 Å². The first-order valence-electron chi connectivity index (χ1n) is 11.8. The van der Waals surface area contributed by atoms with E-state index in [1.54, 1.807) is 17.0 Å². The van der Waals surface area contributed by atoms with Crippen LogP contribution in [0.3, 0.4) is 0 Å². The van der Waals surface area contributed by atoms with E-state index in [9.17, 15) is 19.1 Å². The number of aliphatic hydroxyl groups excluding tert-OH is 1. The van der Waals surface area contributed by atoms with Crippen LogP contribution in [0.5, 0.6) is 5.75 Å². The monoisotopic (exact) mass is 485 g/mol. The van der Waals surface area contributed by atoms with Gasteiger partial charge in [0.1, 0.15) is 23.8 Å². The summed E-state index contributed by atoms with van der Waals surface area (Å²) in [4.78, 5) is 27.0. The van der Waals surface area contributed by atoms with Gasteiger partial charge in [0, 0.05) is 35.9 Å². The number of morpholine rings is 1. The van der Waals surface area contributed by atoms with Crippen LogP contribution in [0, 0.1) is 5.82 Å². The van der Waals surface area contributed by atoms with Crippen LogP contribution in [0.15, 0.2) is 42.5 Å². The number of amides is 3. The summed E-state index contributed by atoms with van der Waals surface area (Å²) in [6.07, 6.45) is -0.478. The fraction of sp³-hybridized carbons (Fsp3) is 0.440. The van der Waals surface area contributed by atoms with Gasteiger partial charge >= 0.3 is 6.03 Å². The Labute approximate surface area is 202 Å². The third kappa shape index (κ3) is 5.24. The SMILES string of the molecule is O=C(Nc1ccc(F)cc1)Nc1ccc2c(c1)[C@@H]1C[C@@H](CC(=O)N3CCOCC3)O[C@@H](CO)[C@@H]1O2. The highest BCUT2D eigenvalue weighted by Gasteiger charge is 2.46. The number of rotatable bonds is 5. The molecule has 0 saturated carbocycles. The quantitative estimate of drug-likeness (QED) is 0.601. The van der Waals surface area contributed by atoms with Crippen molar-refractivity contribution in [2.24, 2.45) is 0 Å². The molecule has 5 rings (SSSR count). The van der Waals surface area contributed by atoms with E-state index in [1.807, 2.05) is 6.07 Å². The van der Waals surface area contributed by atoms with Gasteiger partial charge < -0.3 is 34.9 Å². The lowest BCUT2D eigenvalue weighted by molar-refractivity contribution is -0.151. The molecule has 3 heterocycles. The van der Waals surface area contributed by atoms with Crippen molar-refractivity contribution in [3.8, 4) is 5.75 Å². The average molecular weight is 486 g/mol. The first-order chi connectivity index (χ1) is 17.0. The number of nitrogens with zero attached hydrogens (tertiary/aromatic N) is 1. The molecule has 0 radical (unpaired) electrons. The Hall–Kier alpha value is -3.21. The molecule has 3 aliphatic heterocycles. The highest BCUT2D eigenvalue weighted by molar-refractivity contribution is 5.99. The van der Waals surface area contributed by atoms with Crippen LogP contribution in [0.1, 0.15) is 24.3 Å². The summed E-state index contributed by atoms with van der Waals surface area (Å²) in [7, 11) is 0. The maximum atomic E-state index is 13.1. The fourth-order valence-electron chi connectivity index (χ4n) is 4.93. The number of hydrogen-bond acceptors (Lipinski definition) is 6. The van der Waals surface area contributed by atoms with Crippen LogP contribution in [0.2, 0.25) is 0 Å². The second kappa shape index (κ2) is 10.2. The van der Waals surface area contributed by atoms with Gasteiger partial charge in [-0.15, -0.1) is 0 Å². The number of aliphatic hydroxyl groups is 1. The molecule has 3 amide bonds. The van der Waals surface area contributed by atoms with Gasteiger partial charge in [0.05, 0.1) is 32.3 Å². The van der Waals surface area contributed by atoms with E-state index in [4.69, 9.17) is 14.2 Å². The van der Waals surface area contributed by atoms with Crippen molar-refractivity contribution >= 4 is 23.3 Å². The van der Waals surface area contributed by atoms with Gasteiger partial charge in [-0.2, -0.15) is 0 Å². The Balaban J connectivity index is 1.27. The van der Waals surface area contributed by atoms with Crippen molar-refractivity contribution in [1.82, 2.24) is 4.90 Å². The molecule has 0 spiro atoms. The molecule has 3 N–H and O–H groups in total. The first kappa shape index (κ1) is 23.5. The van der Waals surface area contributed by atoms with Gasteiger partial charge in [0.2, 0.25) is 5.91 Å². The number of carbonyl (C=O) groups is 2. The number of halogens is 1. The van der Waals surface area contributed by atoms with Crippen molar-refractivity contribution in [3.63, 3.8) is 0 Å². The second-order valence-corrected chi connectivity index (χ2v) is 8.94. The molecule has 35 heavy (non-hydrogen) atoms. The summed E-state index contributed by atoms with van der Waals surface area (Å²) < 4.78 is 30.6. The summed E-state index contributed by atoms with van der Waals surface area (Å²) in [5, 5.41) is 15.4. The van der Waals surface area contributed by atoms with Crippen molar-refractivity contribution in [2.45, 2.75) is 37.1 Å². The van der Waals surface area contributed by atoms with Crippen LogP contribution >= 0.6 is 0 Å². The first-order valence-corrected chi connectivity index (χ1v) is 11.8. The van der Waals surface area contributed by atoms with E-state index in [2.05, 4.69) is 10.6 Å². The second-order valence-electron chi connectivity index (χ2n) is 8.94. The molecule has 0 bridgehead atoms. The van der Waals surface area contributed by atoms with Crippen molar-refractivity contribution in [2.75, 3.05) is 43.5 Å². The molecule has 2 aromatic carbocycles. The Morgan fingerprint density at radius 1 is 1.06 bits per heavy atom. The molecule has 0 aliphatic carbocycles. The number of urea groups is 1. The van der Waals surface area contributed by atoms with Crippen LogP contribution in [0.4, 0.5) is 20.6 Å². The number of ether oxygens (including phenoxy) is 3. The van der Waals surface area contributed by atoms with E-state index in [-0.39, 0.29) is 42.9 Å². The van der Waals surface area contributed by atoms with Crippen molar-refractivity contribution < 1.29 is 33.3 Å². The third-order valence-electron chi connectivity index (χ3n) is 6.63. The number of carbonyl (C=O) groups excluding carboxylic acids is 2. The topological polar surface area (TPSA) is 109 Å². The lowest BCUT2D eigenvalue weighted by Crippen LogP contribution is -2.48. The third-order valence-corrected chi connectivity index (χ3v) is 6.63. The highest BCUT2D eigenvalue weighted by Crippen LogP contribution is 2.47. The summed E-state index contributed by atoms with van der Waals surface area (Å²) >= 11 is 0. The maximum absolute atomic E-state index is 13.1. The fourth-order valence-corrected chi connectivity index (χ4v) is 4.93. The van der Waals surface area contributed by atoms with Gasteiger partial charge in [-0.25, -0.2) is 9.18 Å². The van der Waals surface area contributed by atoms with Crippen LogP contribution in [-0.4, -0.2) is 73.2 Å². The molecule has 2 aromatic rings. The molecule has 4 atom stereocenters. The van der Waals surface area contributed by atoms with E-state index in [0.717, 1.165) is 5.56 Å². The molecule has 186 valence electrons. The number of hydrogen-bond donors (Lipinski definition) is 3. The molecule has 10 heteroatoms. The Morgan fingerprint density at radius 2 is 1.77 bits per heavy atom. The molecular weight excluding hydrogens is 457 g/mol. The normalized spacial score (nSPS) is 25.3. The summed E-state index contributed by atoms with van der Waals surface area (Å²) in [6, 6.07) is 10.4. The lowest BCUT2D eigenvalue weighted by atomic mass is 9.84. The number of nitrogens with one attached hydrogen (secondary N) is 2. The Kier molecular flexibility index (Phi) is 6.85. The minimum atomic E-state index is -0.554. The van der Waals surface area contributed by atoms with Crippen molar-refractivity contribution in [3.05, 3.63) is 53.8 Å². The summed E-state index contributed by atoms with van der Waals surface area (Å²) in [5.41, 5.74) is 1.94. The van der Waals surface area contributed by atoms with E-state index in [1.165, 1.54) is 24.3 Å². The lowest BCUT2D eigenvalue weighted by Gasteiger charge is -2.38. The van der Waals surface area contributed by atoms with Gasteiger partial charge in [-0.1, -0.05) is 0 Å². The number of fused-ring (bicyclic) bond motifs is 3.